The van der Waals surface area contributed by atoms with Gasteiger partial charge in [0.15, 0.2) is 0 Å². The molecule has 0 saturated carbocycles. The van der Waals surface area contributed by atoms with Crippen molar-refractivity contribution in [2.24, 2.45) is 11.7 Å². The van der Waals surface area contributed by atoms with E-state index in [0.717, 1.165) is 12.8 Å². The Kier molecular flexibility index (Phi) is 5.12. The Morgan fingerprint density at radius 2 is 1.90 bits per heavy atom. The molecule has 1 aromatic rings. The number of carbonyl (C=O) groups is 2. The second kappa shape index (κ2) is 6.67. The van der Waals surface area contributed by atoms with Crippen LogP contribution in [0.5, 0.6) is 0 Å². The zero-order valence-corrected chi connectivity index (χ0v) is 13.3. The van der Waals surface area contributed by atoms with Gasteiger partial charge in [-0.1, -0.05) is 29.3 Å². The van der Waals surface area contributed by atoms with Gasteiger partial charge < -0.3 is 10.6 Å². The summed E-state index contributed by atoms with van der Waals surface area (Å²) in [6.45, 7) is 2.35. The van der Waals surface area contributed by atoms with Crippen LogP contribution in [-0.4, -0.2) is 29.3 Å². The van der Waals surface area contributed by atoms with Gasteiger partial charge in [0.2, 0.25) is 11.8 Å². The van der Waals surface area contributed by atoms with E-state index in [-0.39, 0.29) is 30.2 Å². The molecule has 1 heterocycles. The zero-order valence-electron chi connectivity index (χ0n) is 11.8. The van der Waals surface area contributed by atoms with Gasteiger partial charge in [-0.2, -0.15) is 0 Å². The second-order valence-electron chi connectivity index (χ2n) is 5.45. The third-order valence-electron chi connectivity index (χ3n) is 3.99. The monoisotopic (exact) mass is 328 g/mol. The lowest BCUT2D eigenvalue weighted by Crippen LogP contribution is -2.49. The molecule has 1 fully saturated rings. The molecule has 114 valence electrons. The van der Waals surface area contributed by atoms with Crippen molar-refractivity contribution in [1.29, 1.82) is 0 Å². The summed E-state index contributed by atoms with van der Waals surface area (Å²) in [5.74, 6) is -0.703. The highest BCUT2D eigenvalue weighted by atomic mass is 35.5. The number of halogens is 2. The molecule has 0 aliphatic carbocycles. The molecule has 1 saturated heterocycles. The van der Waals surface area contributed by atoms with Crippen molar-refractivity contribution in [2.75, 3.05) is 6.54 Å². The lowest BCUT2D eigenvalue weighted by atomic mass is 9.92. The van der Waals surface area contributed by atoms with Crippen LogP contribution in [0.3, 0.4) is 0 Å². The minimum Gasteiger partial charge on any atom is -0.369 e. The van der Waals surface area contributed by atoms with Crippen LogP contribution in [0.25, 0.3) is 0 Å². The maximum atomic E-state index is 12.5. The molecule has 2 N–H and O–H groups in total. The molecule has 1 aliphatic heterocycles. The Labute approximate surface area is 134 Å². The van der Waals surface area contributed by atoms with Gasteiger partial charge in [-0.15, -0.1) is 0 Å². The van der Waals surface area contributed by atoms with E-state index >= 15 is 0 Å². The number of amides is 2. The number of piperidine rings is 1. The highest BCUT2D eigenvalue weighted by Crippen LogP contribution is 2.27. The summed E-state index contributed by atoms with van der Waals surface area (Å²) in [5, 5.41) is 0.957. The zero-order chi connectivity index (χ0) is 15.6. The first kappa shape index (κ1) is 16.1. The van der Waals surface area contributed by atoms with Gasteiger partial charge in [0.1, 0.15) is 0 Å². The molecule has 1 aliphatic rings. The smallest absolute Gasteiger partial charge is 0.227 e. The van der Waals surface area contributed by atoms with E-state index in [1.54, 1.807) is 23.1 Å². The predicted molar refractivity (Wildman–Crippen MR) is 83.3 cm³/mol. The quantitative estimate of drug-likeness (QED) is 0.927. The average Bonchev–Trinajstić information content (AvgIpc) is 2.43. The molecule has 2 rings (SSSR count). The first-order valence-electron chi connectivity index (χ1n) is 6.91. The molecule has 4 nitrogen and oxygen atoms in total. The van der Waals surface area contributed by atoms with Crippen LogP contribution in [0.4, 0.5) is 0 Å². The van der Waals surface area contributed by atoms with Gasteiger partial charge in [-0.3, -0.25) is 9.59 Å². The van der Waals surface area contributed by atoms with Crippen molar-refractivity contribution in [3.8, 4) is 0 Å². The van der Waals surface area contributed by atoms with Crippen LogP contribution >= 0.6 is 23.2 Å². The molecule has 0 bridgehead atoms. The maximum absolute atomic E-state index is 12.5. The van der Waals surface area contributed by atoms with E-state index < -0.39 is 0 Å². The van der Waals surface area contributed by atoms with Gasteiger partial charge >= 0.3 is 0 Å². The summed E-state index contributed by atoms with van der Waals surface area (Å²) in [4.78, 5) is 25.6. The van der Waals surface area contributed by atoms with Crippen LogP contribution in [0.15, 0.2) is 18.2 Å². The lowest BCUT2D eigenvalue weighted by molar-refractivity contribution is -0.136. The minimum absolute atomic E-state index is 0.0801. The normalized spacial score (nSPS) is 22.1. The molecule has 21 heavy (non-hydrogen) atoms. The third kappa shape index (κ3) is 3.69. The summed E-state index contributed by atoms with van der Waals surface area (Å²) in [5.41, 5.74) is 5.98. The minimum atomic E-state index is -0.351. The Bertz CT molecular complexity index is 542. The summed E-state index contributed by atoms with van der Waals surface area (Å²) >= 11 is 12.2. The maximum Gasteiger partial charge on any atom is 0.227 e. The average molecular weight is 329 g/mol. The molecule has 0 unspecified atom stereocenters. The van der Waals surface area contributed by atoms with Crippen LogP contribution in [0.1, 0.15) is 25.3 Å². The summed E-state index contributed by atoms with van der Waals surface area (Å²) in [6.07, 6.45) is 1.64. The first-order chi connectivity index (χ1) is 9.90. The molecule has 0 spiro atoms. The number of rotatable bonds is 3. The molecule has 2 atom stereocenters. The number of hydrogen-bond acceptors (Lipinski definition) is 2. The molecule has 2 amide bonds. The van der Waals surface area contributed by atoms with Crippen molar-refractivity contribution in [1.82, 2.24) is 4.90 Å². The second-order valence-corrected chi connectivity index (χ2v) is 6.26. The van der Waals surface area contributed by atoms with Crippen LogP contribution < -0.4 is 5.73 Å². The van der Waals surface area contributed by atoms with E-state index in [1.807, 2.05) is 6.92 Å². The topological polar surface area (TPSA) is 63.4 Å². The molecule has 1 aromatic carbocycles. The Morgan fingerprint density at radius 1 is 1.29 bits per heavy atom. The Morgan fingerprint density at radius 3 is 2.48 bits per heavy atom. The fourth-order valence-electron chi connectivity index (χ4n) is 2.64. The van der Waals surface area contributed by atoms with Gasteiger partial charge in [-0.05, 0) is 37.5 Å². The van der Waals surface area contributed by atoms with E-state index in [4.69, 9.17) is 28.9 Å². The summed E-state index contributed by atoms with van der Waals surface area (Å²) in [6, 6.07) is 5.25. The standard InChI is InChI=1S/C15H18Cl2N2O2/c1-9-5-6-10(15(18)21)8-19(9)14(20)7-11-12(16)3-2-4-13(11)17/h2-4,9-10H,5-8H2,1H3,(H2,18,21)/t9-,10-/m0/s1. The number of nitrogens with zero attached hydrogens (tertiary/aromatic N) is 1. The summed E-state index contributed by atoms with van der Waals surface area (Å²) in [7, 11) is 0. The molecular weight excluding hydrogens is 311 g/mol. The molecule has 0 radical (unpaired) electrons. The van der Waals surface area contributed by atoms with E-state index in [0.29, 0.717) is 22.2 Å². The summed E-state index contributed by atoms with van der Waals surface area (Å²) < 4.78 is 0. The van der Waals surface area contributed by atoms with Crippen molar-refractivity contribution in [3.05, 3.63) is 33.8 Å². The van der Waals surface area contributed by atoms with Gasteiger partial charge in [-0.25, -0.2) is 0 Å². The van der Waals surface area contributed by atoms with E-state index in [2.05, 4.69) is 0 Å². The lowest BCUT2D eigenvalue weighted by Gasteiger charge is -2.37. The van der Waals surface area contributed by atoms with Crippen molar-refractivity contribution < 1.29 is 9.59 Å². The fraction of sp³-hybridized carbons (Fsp3) is 0.467. The van der Waals surface area contributed by atoms with Crippen LogP contribution in [0.2, 0.25) is 10.0 Å². The molecule has 6 heteroatoms. The highest BCUT2D eigenvalue weighted by molar-refractivity contribution is 6.36. The van der Waals surface area contributed by atoms with Gasteiger partial charge in [0, 0.05) is 22.6 Å². The fourth-order valence-corrected chi connectivity index (χ4v) is 3.17. The number of benzene rings is 1. The van der Waals surface area contributed by atoms with E-state index in [1.165, 1.54) is 0 Å². The largest absolute Gasteiger partial charge is 0.369 e. The van der Waals surface area contributed by atoms with Crippen molar-refractivity contribution in [2.45, 2.75) is 32.2 Å². The van der Waals surface area contributed by atoms with Gasteiger partial charge in [0.05, 0.1) is 12.3 Å². The van der Waals surface area contributed by atoms with Crippen molar-refractivity contribution >= 4 is 35.0 Å². The molecule has 0 aromatic heterocycles. The third-order valence-corrected chi connectivity index (χ3v) is 4.70. The SMILES string of the molecule is C[C@H]1CC[C@H](C(N)=O)CN1C(=O)Cc1c(Cl)cccc1Cl. The van der Waals surface area contributed by atoms with Crippen LogP contribution in [0, 0.1) is 5.92 Å². The number of carbonyl (C=O) groups excluding carboxylic acids is 2. The van der Waals surface area contributed by atoms with Crippen LogP contribution in [-0.2, 0) is 16.0 Å². The Hall–Kier alpha value is -1.26. The highest BCUT2D eigenvalue weighted by Gasteiger charge is 2.31. The van der Waals surface area contributed by atoms with Gasteiger partial charge in [0.25, 0.3) is 0 Å². The molecular formula is C15H18Cl2N2O2. The van der Waals surface area contributed by atoms with E-state index in [9.17, 15) is 9.59 Å². The first-order valence-corrected chi connectivity index (χ1v) is 7.67. The number of nitrogens with two attached hydrogens (primary N) is 1. The number of hydrogen-bond donors (Lipinski definition) is 1. The number of likely N-dealkylation sites (tertiary alicyclic amines) is 1. The predicted octanol–water partition coefficient (Wildman–Crippen LogP) is 2.65. The number of primary amides is 1. The van der Waals surface area contributed by atoms with Crippen molar-refractivity contribution in [3.63, 3.8) is 0 Å². The Balaban J connectivity index is 2.13.